The molecule has 0 bridgehead atoms. The monoisotopic (exact) mass is 261 g/mol. The van der Waals surface area contributed by atoms with Crippen LogP contribution in [0.2, 0.25) is 0 Å². The highest BCUT2D eigenvalue weighted by atomic mass is 16.3. The highest BCUT2D eigenvalue weighted by Gasteiger charge is 2.12. The Morgan fingerprint density at radius 2 is 2.16 bits per heavy atom. The van der Waals surface area contributed by atoms with Crippen LogP contribution in [0.25, 0.3) is 0 Å². The normalized spacial score (nSPS) is 15.1. The highest BCUT2D eigenvalue weighted by Crippen LogP contribution is 2.22. The number of carbonyl (C=O) groups excluding carboxylic acids is 1. The van der Waals surface area contributed by atoms with E-state index in [-0.39, 0.29) is 12.0 Å². The number of aryl methyl sites for hydroxylation is 2. The Labute approximate surface area is 115 Å². The van der Waals surface area contributed by atoms with Gasteiger partial charge in [-0.05, 0) is 55.7 Å². The largest absolute Gasteiger partial charge is 0.393 e. The first kappa shape index (κ1) is 14.1. The first-order valence-electron chi connectivity index (χ1n) is 7.20. The van der Waals surface area contributed by atoms with E-state index in [4.69, 9.17) is 5.11 Å². The lowest BCUT2D eigenvalue weighted by Gasteiger charge is -2.08. The van der Waals surface area contributed by atoms with Gasteiger partial charge in [0.2, 0.25) is 5.91 Å². The number of rotatable bonds is 6. The van der Waals surface area contributed by atoms with Crippen LogP contribution in [-0.4, -0.2) is 23.7 Å². The van der Waals surface area contributed by atoms with Gasteiger partial charge in [-0.25, -0.2) is 0 Å². The van der Waals surface area contributed by atoms with Crippen molar-refractivity contribution in [2.24, 2.45) is 0 Å². The van der Waals surface area contributed by atoms with Gasteiger partial charge in [-0.2, -0.15) is 0 Å². The first-order chi connectivity index (χ1) is 9.15. The zero-order chi connectivity index (χ0) is 13.7. The summed E-state index contributed by atoms with van der Waals surface area (Å²) in [5.74, 6) is 0.0727. The van der Waals surface area contributed by atoms with Gasteiger partial charge < -0.3 is 10.4 Å². The smallest absolute Gasteiger partial charge is 0.224 e. The summed E-state index contributed by atoms with van der Waals surface area (Å²) in [6.07, 6.45) is 5.31. The molecule has 0 aliphatic heterocycles. The van der Waals surface area contributed by atoms with E-state index in [2.05, 4.69) is 23.5 Å². The number of hydrogen-bond donors (Lipinski definition) is 2. The van der Waals surface area contributed by atoms with Gasteiger partial charge in [-0.1, -0.05) is 18.2 Å². The van der Waals surface area contributed by atoms with Crippen molar-refractivity contribution < 1.29 is 9.90 Å². The molecule has 1 aromatic rings. The summed E-state index contributed by atoms with van der Waals surface area (Å²) in [4.78, 5) is 11.8. The molecule has 0 aromatic heterocycles. The number of aliphatic hydroxyl groups is 1. The van der Waals surface area contributed by atoms with E-state index < -0.39 is 0 Å². The summed E-state index contributed by atoms with van der Waals surface area (Å²) < 4.78 is 0. The summed E-state index contributed by atoms with van der Waals surface area (Å²) in [5, 5.41) is 12.0. The van der Waals surface area contributed by atoms with E-state index in [0.29, 0.717) is 13.0 Å². The van der Waals surface area contributed by atoms with Crippen LogP contribution in [0, 0.1) is 0 Å². The van der Waals surface area contributed by atoms with Crippen molar-refractivity contribution in [2.75, 3.05) is 6.54 Å². The van der Waals surface area contributed by atoms with Crippen molar-refractivity contribution in [3.8, 4) is 0 Å². The second-order valence-electron chi connectivity index (χ2n) is 5.47. The minimum atomic E-state index is -0.284. The Morgan fingerprint density at radius 3 is 2.95 bits per heavy atom. The van der Waals surface area contributed by atoms with Crippen molar-refractivity contribution in [1.29, 1.82) is 0 Å². The van der Waals surface area contributed by atoms with Gasteiger partial charge in [0.1, 0.15) is 0 Å². The molecule has 1 unspecified atom stereocenters. The van der Waals surface area contributed by atoms with Crippen molar-refractivity contribution in [1.82, 2.24) is 5.32 Å². The fraction of sp³-hybridized carbons (Fsp3) is 0.562. The average Bonchev–Trinajstić information content (AvgIpc) is 2.82. The molecule has 19 heavy (non-hydrogen) atoms. The lowest BCUT2D eigenvalue weighted by molar-refractivity contribution is -0.120. The molecule has 1 atom stereocenters. The number of amides is 1. The first-order valence-corrected chi connectivity index (χ1v) is 7.20. The number of carbonyl (C=O) groups is 1. The molecule has 3 nitrogen and oxygen atoms in total. The molecule has 0 heterocycles. The fourth-order valence-corrected chi connectivity index (χ4v) is 2.61. The lowest BCUT2D eigenvalue weighted by Crippen LogP contribution is -2.26. The van der Waals surface area contributed by atoms with Gasteiger partial charge in [-0.15, -0.1) is 0 Å². The fourth-order valence-electron chi connectivity index (χ4n) is 2.61. The van der Waals surface area contributed by atoms with Crippen LogP contribution < -0.4 is 5.32 Å². The van der Waals surface area contributed by atoms with Crippen LogP contribution >= 0.6 is 0 Å². The average molecular weight is 261 g/mol. The number of hydrogen-bond acceptors (Lipinski definition) is 2. The van der Waals surface area contributed by atoms with E-state index in [1.165, 1.54) is 24.0 Å². The number of benzene rings is 1. The predicted octanol–water partition coefficient (Wildman–Crippen LogP) is 2.00. The Kier molecular flexibility index (Phi) is 4.97. The van der Waals surface area contributed by atoms with Gasteiger partial charge in [0.05, 0.1) is 12.5 Å². The number of nitrogens with one attached hydrogen (secondary N) is 1. The number of fused-ring (bicyclic) bond motifs is 1. The molecule has 2 N–H and O–H groups in total. The Balaban J connectivity index is 1.76. The van der Waals surface area contributed by atoms with Gasteiger partial charge in [0.15, 0.2) is 0 Å². The minimum absolute atomic E-state index is 0.0727. The zero-order valence-electron chi connectivity index (χ0n) is 11.6. The molecule has 0 saturated heterocycles. The summed E-state index contributed by atoms with van der Waals surface area (Å²) in [6.45, 7) is 2.42. The van der Waals surface area contributed by atoms with Crippen molar-refractivity contribution in [3.63, 3.8) is 0 Å². The standard InChI is InChI=1S/C16H23NO2/c1-12(18)4-3-9-17-16(19)11-13-7-8-14-5-2-6-15(14)10-13/h7-8,10,12,18H,2-6,9,11H2,1H3,(H,17,19). The topological polar surface area (TPSA) is 49.3 Å². The third kappa shape index (κ3) is 4.35. The lowest BCUT2D eigenvalue weighted by atomic mass is 10.0. The van der Waals surface area contributed by atoms with Crippen molar-refractivity contribution in [3.05, 3.63) is 34.9 Å². The quantitative estimate of drug-likeness (QED) is 0.769. The summed E-state index contributed by atoms with van der Waals surface area (Å²) in [7, 11) is 0. The molecule has 1 aliphatic rings. The van der Waals surface area contributed by atoms with E-state index in [1.807, 2.05) is 0 Å². The molecule has 2 rings (SSSR count). The molecule has 3 heteroatoms. The molecule has 104 valence electrons. The molecule has 1 amide bonds. The van der Waals surface area contributed by atoms with Crippen LogP contribution in [-0.2, 0) is 24.1 Å². The molecule has 0 saturated carbocycles. The second kappa shape index (κ2) is 6.71. The minimum Gasteiger partial charge on any atom is -0.393 e. The van der Waals surface area contributed by atoms with Crippen LogP contribution in [0.4, 0.5) is 0 Å². The number of aliphatic hydroxyl groups excluding tert-OH is 1. The zero-order valence-corrected chi connectivity index (χ0v) is 11.6. The molecular weight excluding hydrogens is 238 g/mol. The van der Waals surface area contributed by atoms with Gasteiger partial charge in [0, 0.05) is 6.54 Å². The second-order valence-corrected chi connectivity index (χ2v) is 5.47. The van der Waals surface area contributed by atoms with Crippen LogP contribution in [0.15, 0.2) is 18.2 Å². The molecule has 0 radical (unpaired) electrons. The molecular formula is C16H23NO2. The Morgan fingerprint density at radius 1 is 1.37 bits per heavy atom. The van der Waals surface area contributed by atoms with Crippen LogP contribution in [0.3, 0.4) is 0 Å². The summed E-state index contributed by atoms with van der Waals surface area (Å²) in [5.41, 5.74) is 3.97. The van der Waals surface area contributed by atoms with Gasteiger partial charge in [0.25, 0.3) is 0 Å². The molecule has 0 fully saturated rings. The van der Waals surface area contributed by atoms with Crippen LogP contribution in [0.5, 0.6) is 0 Å². The maximum absolute atomic E-state index is 11.8. The molecule has 1 aliphatic carbocycles. The SMILES string of the molecule is CC(O)CCCNC(=O)Cc1ccc2c(c1)CCC2. The highest BCUT2D eigenvalue weighted by molar-refractivity contribution is 5.78. The van der Waals surface area contributed by atoms with E-state index in [9.17, 15) is 4.79 Å². The predicted molar refractivity (Wildman–Crippen MR) is 76.1 cm³/mol. The van der Waals surface area contributed by atoms with E-state index in [1.54, 1.807) is 6.92 Å². The van der Waals surface area contributed by atoms with Gasteiger partial charge >= 0.3 is 0 Å². The Bertz CT molecular complexity index is 440. The van der Waals surface area contributed by atoms with E-state index >= 15 is 0 Å². The summed E-state index contributed by atoms with van der Waals surface area (Å²) >= 11 is 0. The van der Waals surface area contributed by atoms with Crippen molar-refractivity contribution >= 4 is 5.91 Å². The molecule has 0 spiro atoms. The summed E-state index contributed by atoms with van der Waals surface area (Å²) in [6, 6.07) is 6.41. The Hall–Kier alpha value is -1.35. The van der Waals surface area contributed by atoms with E-state index in [0.717, 1.165) is 24.8 Å². The van der Waals surface area contributed by atoms with Gasteiger partial charge in [-0.3, -0.25) is 4.79 Å². The third-order valence-electron chi connectivity index (χ3n) is 3.65. The van der Waals surface area contributed by atoms with Crippen molar-refractivity contribution in [2.45, 2.75) is 51.6 Å². The maximum Gasteiger partial charge on any atom is 0.224 e. The van der Waals surface area contributed by atoms with Crippen LogP contribution in [0.1, 0.15) is 42.9 Å². The molecule has 1 aromatic carbocycles. The maximum atomic E-state index is 11.8. The third-order valence-corrected chi connectivity index (χ3v) is 3.65.